The Bertz CT molecular complexity index is 530. The van der Waals surface area contributed by atoms with Gasteiger partial charge in [0.1, 0.15) is 0 Å². The molecule has 2 bridgehead atoms. The molecule has 2 aliphatic heterocycles. The van der Waals surface area contributed by atoms with Gasteiger partial charge in [-0.05, 0) is 38.0 Å². The standard InChI is InChI=1S/C14H26N4O3S.ClH/c15-5-6-16-14(19)12-2-1-7-17(10-12)22(20,21)18-9-11-3-4-13(18)8-11;/h11-13H,1-10,15H2,(H,16,19);1H. The first kappa shape index (κ1) is 18.9. The van der Waals surface area contributed by atoms with Gasteiger partial charge in [-0.25, -0.2) is 0 Å². The van der Waals surface area contributed by atoms with E-state index in [4.69, 9.17) is 5.73 Å². The number of rotatable bonds is 5. The predicted molar refractivity (Wildman–Crippen MR) is 90.4 cm³/mol. The number of nitrogens with one attached hydrogen (secondary N) is 1. The number of piperidine rings is 2. The van der Waals surface area contributed by atoms with Gasteiger partial charge in [0.15, 0.2) is 0 Å². The smallest absolute Gasteiger partial charge is 0.282 e. The minimum atomic E-state index is -3.42. The fourth-order valence-corrected chi connectivity index (χ4v) is 6.01. The lowest BCUT2D eigenvalue weighted by molar-refractivity contribution is -0.126. The maximum Gasteiger partial charge on any atom is 0.282 e. The predicted octanol–water partition coefficient (Wildman–Crippen LogP) is -0.0758. The van der Waals surface area contributed by atoms with Crippen molar-refractivity contribution in [3.8, 4) is 0 Å². The van der Waals surface area contributed by atoms with Gasteiger partial charge in [0.2, 0.25) is 5.91 Å². The maximum absolute atomic E-state index is 12.9. The van der Waals surface area contributed by atoms with Crippen molar-refractivity contribution >= 4 is 28.5 Å². The van der Waals surface area contributed by atoms with Crippen LogP contribution in [0.1, 0.15) is 32.1 Å². The number of fused-ring (bicyclic) bond motifs is 2. The number of amides is 1. The van der Waals surface area contributed by atoms with Gasteiger partial charge in [-0.3, -0.25) is 4.79 Å². The van der Waals surface area contributed by atoms with Crippen LogP contribution in [-0.2, 0) is 15.0 Å². The molecule has 3 unspecified atom stereocenters. The van der Waals surface area contributed by atoms with Crippen molar-refractivity contribution in [3.05, 3.63) is 0 Å². The SMILES string of the molecule is Cl.NCCNC(=O)C1CCCN(S(=O)(=O)N2CC3CCC2C3)C1. The van der Waals surface area contributed by atoms with Crippen LogP contribution in [-0.4, -0.2) is 61.7 Å². The second kappa shape index (κ2) is 7.65. The quantitative estimate of drug-likeness (QED) is 0.711. The van der Waals surface area contributed by atoms with Crippen molar-refractivity contribution in [1.82, 2.24) is 13.9 Å². The number of carbonyl (C=O) groups excluding carboxylic acids is 1. The van der Waals surface area contributed by atoms with Crippen molar-refractivity contribution < 1.29 is 13.2 Å². The summed E-state index contributed by atoms with van der Waals surface area (Å²) in [6.45, 7) is 2.33. The highest BCUT2D eigenvalue weighted by molar-refractivity contribution is 7.86. The zero-order valence-corrected chi connectivity index (χ0v) is 14.9. The highest BCUT2D eigenvalue weighted by atomic mass is 35.5. The molecule has 0 aromatic heterocycles. The maximum atomic E-state index is 12.9. The van der Waals surface area contributed by atoms with Gasteiger partial charge in [-0.1, -0.05) is 0 Å². The molecule has 3 atom stereocenters. The minimum absolute atomic E-state index is 0. The van der Waals surface area contributed by atoms with Gasteiger partial charge in [-0.15, -0.1) is 12.4 Å². The Hall–Kier alpha value is -0.410. The van der Waals surface area contributed by atoms with Crippen LogP contribution < -0.4 is 11.1 Å². The molecule has 3 fully saturated rings. The fraction of sp³-hybridized carbons (Fsp3) is 0.929. The molecular weight excluding hydrogens is 340 g/mol. The van der Waals surface area contributed by atoms with E-state index in [1.54, 1.807) is 4.31 Å². The molecule has 3 rings (SSSR count). The van der Waals surface area contributed by atoms with Gasteiger partial charge >= 0.3 is 0 Å². The molecule has 1 amide bonds. The normalized spacial score (nSPS) is 31.8. The van der Waals surface area contributed by atoms with Crippen LogP contribution >= 0.6 is 12.4 Å². The topological polar surface area (TPSA) is 95.7 Å². The lowest BCUT2D eigenvalue weighted by Gasteiger charge is -2.36. The Labute approximate surface area is 144 Å². The summed E-state index contributed by atoms with van der Waals surface area (Å²) < 4.78 is 28.9. The molecule has 3 N–H and O–H groups in total. The van der Waals surface area contributed by atoms with Crippen LogP contribution in [0.5, 0.6) is 0 Å². The molecule has 2 heterocycles. The zero-order valence-electron chi connectivity index (χ0n) is 13.3. The molecule has 9 heteroatoms. The summed E-state index contributed by atoms with van der Waals surface area (Å²) in [5.41, 5.74) is 5.39. The van der Waals surface area contributed by atoms with Crippen molar-refractivity contribution in [2.45, 2.75) is 38.1 Å². The molecule has 1 saturated carbocycles. The molecule has 2 saturated heterocycles. The highest BCUT2D eigenvalue weighted by Crippen LogP contribution is 2.40. The average molecular weight is 367 g/mol. The van der Waals surface area contributed by atoms with E-state index in [1.807, 2.05) is 0 Å². The van der Waals surface area contributed by atoms with E-state index < -0.39 is 10.2 Å². The molecule has 0 aromatic carbocycles. The van der Waals surface area contributed by atoms with Crippen LogP contribution in [0.25, 0.3) is 0 Å². The number of hydrogen-bond acceptors (Lipinski definition) is 4. The van der Waals surface area contributed by atoms with Crippen molar-refractivity contribution in [1.29, 1.82) is 0 Å². The summed E-state index contributed by atoms with van der Waals surface area (Å²) in [7, 11) is -3.42. The van der Waals surface area contributed by atoms with Gasteiger partial charge in [0.05, 0.1) is 5.92 Å². The molecule has 23 heavy (non-hydrogen) atoms. The van der Waals surface area contributed by atoms with E-state index in [9.17, 15) is 13.2 Å². The van der Waals surface area contributed by atoms with Crippen molar-refractivity contribution in [2.24, 2.45) is 17.6 Å². The van der Waals surface area contributed by atoms with E-state index in [-0.39, 0.29) is 30.3 Å². The molecule has 3 aliphatic rings. The van der Waals surface area contributed by atoms with Crippen LogP contribution in [0.2, 0.25) is 0 Å². The molecule has 0 aromatic rings. The number of hydrogen-bond donors (Lipinski definition) is 2. The zero-order chi connectivity index (χ0) is 15.7. The molecular formula is C14H27ClN4O3S. The Morgan fingerprint density at radius 3 is 2.61 bits per heavy atom. The largest absolute Gasteiger partial charge is 0.355 e. The first-order valence-electron chi connectivity index (χ1n) is 8.27. The second-order valence-corrected chi connectivity index (χ2v) is 8.57. The fourth-order valence-electron chi connectivity index (χ4n) is 4.02. The van der Waals surface area contributed by atoms with E-state index >= 15 is 0 Å². The third-order valence-corrected chi connectivity index (χ3v) is 7.20. The van der Waals surface area contributed by atoms with Gasteiger partial charge in [0, 0.05) is 38.8 Å². The summed E-state index contributed by atoms with van der Waals surface area (Å²) in [6.07, 6.45) is 4.63. The number of nitrogens with two attached hydrogens (primary N) is 1. The van der Waals surface area contributed by atoms with Crippen LogP contribution in [0.4, 0.5) is 0 Å². The Morgan fingerprint density at radius 2 is 2.00 bits per heavy atom. The summed E-state index contributed by atoms with van der Waals surface area (Å²) in [5, 5.41) is 2.77. The van der Waals surface area contributed by atoms with Crippen LogP contribution in [0.3, 0.4) is 0 Å². The Morgan fingerprint density at radius 1 is 1.22 bits per heavy atom. The van der Waals surface area contributed by atoms with E-state index in [1.165, 1.54) is 4.31 Å². The molecule has 0 spiro atoms. The van der Waals surface area contributed by atoms with Gasteiger partial charge < -0.3 is 11.1 Å². The average Bonchev–Trinajstić information content (AvgIpc) is 3.16. The molecule has 1 aliphatic carbocycles. The Kier molecular flexibility index (Phi) is 6.29. The summed E-state index contributed by atoms with van der Waals surface area (Å²) >= 11 is 0. The summed E-state index contributed by atoms with van der Waals surface area (Å²) in [5.74, 6) is 0.205. The van der Waals surface area contributed by atoms with E-state index in [0.29, 0.717) is 38.6 Å². The van der Waals surface area contributed by atoms with Crippen LogP contribution in [0, 0.1) is 11.8 Å². The van der Waals surface area contributed by atoms with Gasteiger partial charge in [0.25, 0.3) is 10.2 Å². The minimum Gasteiger partial charge on any atom is -0.355 e. The first-order chi connectivity index (χ1) is 10.5. The van der Waals surface area contributed by atoms with E-state index in [2.05, 4.69) is 5.32 Å². The number of nitrogens with zero attached hydrogens (tertiary/aromatic N) is 2. The monoisotopic (exact) mass is 366 g/mol. The highest BCUT2D eigenvalue weighted by Gasteiger charge is 2.46. The third kappa shape index (κ3) is 3.82. The van der Waals surface area contributed by atoms with Crippen molar-refractivity contribution in [2.75, 3.05) is 32.7 Å². The van der Waals surface area contributed by atoms with Crippen molar-refractivity contribution in [3.63, 3.8) is 0 Å². The van der Waals surface area contributed by atoms with Crippen LogP contribution in [0.15, 0.2) is 0 Å². The second-order valence-electron chi connectivity index (χ2n) is 6.69. The van der Waals surface area contributed by atoms with Gasteiger partial charge in [-0.2, -0.15) is 17.0 Å². The third-order valence-electron chi connectivity index (χ3n) is 5.18. The first-order valence-corrected chi connectivity index (χ1v) is 9.66. The van der Waals surface area contributed by atoms with E-state index in [0.717, 1.165) is 32.1 Å². The summed E-state index contributed by atoms with van der Waals surface area (Å²) in [4.78, 5) is 12.1. The number of halogens is 1. The molecule has 0 radical (unpaired) electrons. The number of carbonyl (C=O) groups is 1. The Balaban J connectivity index is 0.00000192. The lowest BCUT2D eigenvalue weighted by Crippen LogP contribution is -2.52. The lowest BCUT2D eigenvalue weighted by atomic mass is 9.99. The molecule has 134 valence electrons. The molecule has 7 nitrogen and oxygen atoms in total. The summed E-state index contributed by atoms with van der Waals surface area (Å²) in [6, 6.07) is 0.182.